The van der Waals surface area contributed by atoms with E-state index < -0.39 is 4.92 Å². The molecule has 1 aromatic carbocycles. The first kappa shape index (κ1) is 12.6. The minimum atomic E-state index is -0.461. The van der Waals surface area contributed by atoms with Gasteiger partial charge in [-0.1, -0.05) is 23.0 Å². The van der Waals surface area contributed by atoms with Gasteiger partial charge in [-0.3, -0.25) is 10.1 Å². The molecule has 0 saturated carbocycles. The van der Waals surface area contributed by atoms with Crippen LogP contribution in [0.2, 0.25) is 0 Å². The van der Waals surface area contributed by atoms with Crippen molar-refractivity contribution >= 4 is 5.69 Å². The molecule has 0 bridgehead atoms. The Morgan fingerprint density at radius 2 is 2.24 bits per heavy atom. The van der Waals surface area contributed by atoms with E-state index in [1.807, 2.05) is 6.07 Å². The van der Waals surface area contributed by atoms with Crippen molar-refractivity contribution in [3.8, 4) is 11.8 Å². The normalized spacial score (nSPS) is 8.82. The monoisotopic (exact) mass is 230 g/mol. The molecule has 1 rings (SSSR count). The fraction of sp³-hybridized carbons (Fsp3) is 0.273. The number of benzene rings is 1. The van der Waals surface area contributed by atoms with Crippen LogP contribution in [-0.4, -0.2) is 11.5 Å². The van der Waals surface area contributed by atoms with E-state index in [1.54, 1.807) is 13.8 Å². The molecule has 0 atom stereocenters. The smallest absolute Gasteiger partial charge is 0.258 e. The summed E-state index contributed by atoms with van der Waals surface area (Å²) in [5, 5.41) is 14.1. The van der Waals surface area contributed by atoms with Crippen molar-refractivity contribution < 1.29 is 4.92 Å². The predicted molar refractivity (Wildman–Crippen MR) is 63.5 cm³/mol. The molecular formula is C11H10N4O2. The third-order valence-corrected chi connectivity index (χ3v) is 2.08. The van der Waals surface area contributed by atoms with Gasteiger partial charge >= 0.3 is 0 Å². The zero-order chi connectivity index (χ0) is 12.8. The van der Waals surface area contributed by atoms with Gasteiger partial charge in [0.1, 0.15) is 5.56 Å². The van der Waals surface area contributed by atoms with E-state index in [2.05, 4.69) is 21.9 Å². The van der Waals surface area contributed by atoms with Crippen LogP contribution in [0.1, 0.15) is 16.7 Å². The lowest BCUT2D eigenvalue weighted by atomic mass is 10.0. The lowest BCUT2D eigenvalue weighted by Gasteiger charge is -2.01. The molecule has 86 valence electrons. The Morgan fingerprint density at radius 3 is 2.82 bits per heavy atom. The van der Waals surface area contributed by atoms with E-state index in [4.69, 9.17) is 5.53 Å². The Bertz CT molecular complexity index is 563. The molecular weight excluding hydrogens is 220 g/mol. The van der Waals surface area contributed by atoms with E-state index in [0.717, 1.165) is 11.1 Å². The van der Waals surface area contributed by atoms with Crippen molar-refractivity contribution in [2.24, 2.45) is 5.11 Å². The second kappa shape index (κ2) is 5.54. The largest absolute Gasteiger partial charge is 0.285 e. The molecule has 0 aliphatic rings. The molecule has 0 aliphatic heterocycles. The summed E-state index contributed by atoms with van der Waals surface area (Å²) in [5.74, 6) is 5.25. The van der Waals surface area contributed by atoms with Gasteiger partial charge in [0, 0.05) is 11.0 Å². The summed E-state index contributed by atoms with van der Waals surface area (Å²) in [7, 11) is 0. The average Bonchev–Trinajstić information content (AvgIpc) is 2.25. The maximum absolute atomic E-state index is 10.9. The molecule has 0 fully saturated rings. The summed E-state index contributed by atoms with van der Waals surface area (Å²) >= 11 is 0. The third kappa shape index (κ3) is 3.23. The first-order valence-electron chi connectivity index (χ1n) is 4.81. The highest BCUT2D eigenvalue weighted by molar-refractivity contribution is 5.57. The molecule has 6 nitrogen and oxygen atoms in total. The second-order valence-electron chi connectivity index (χ2n) is 3.42. The van der Waals surface area contributed by atoms with Crippen LogP contribution in [0, 0.1) is 35.8 Å². The fourth-order valence-corrected chi connectivity index (χ4v) is 1.45. The molecule has 0 saturated heterocycles. The van der Waals surface area contributed by atoms with E-state index in [9.17, 15) is 10.1 Å². The van der Waals surface area contributed by atoms with Crippen LogP contribution in [0.25, 0.3) is 10.4 Å². The van der Waals surface area contributed by atoms with Gasteiger partial charge in [-0.2, -0.15) is 0 Å². The number of nitrogens with zero attached hydrogens (tertiary/aromatic N) is 4. The van der Waals surface area contributed by atoms with Crippen LogP contribution < -0.4 is 0 Å². The number of hydrogen-bond acceptors (Lipinski definition) is 3. The first-order valence-corrected chi connectivity index (χ1v) is 4.81. The lowest BCUT2D eigenvalue weighted by molar-refractivity contribution is -0.385. The minimum absolute atomic E-state index is 0.000963. The van der Waals surface area contributed by atoms with Gasteiger partial charge in [0.15, 0.2) is 0 Å². The van der Waals surface area contributed by atoms with Gasteiger partial charge in [0.2, 0.25) is 0 Å². The van der Waals surface area contributed by atoms with Gasteiger partial charge in [0.25, 0.3) is 5.69 Å². The Labute approximate surface area is 98.0 Å². The molecule has 0 radical (unpaired) electrons. The Kier molecular flexibility index (Phi) is 4.09. The van der Waals surface area contributed by atoms with Crippen molar-refractivity contribution in [2.75, 3.05) is 6.54 Å². The first-order chi connectivity index (χ1) is 8.06. The van der Waals surface area contributed by atoms with Crippen LogP contribution in [-0.2, 0) is 0 Å². The standard InChI is InChI=1S/C11H10N4O2/c1-8-6-9(2)10(4-3-5-13-14-12)11(7-8)15(16)17/h6-7H,5H2,1-2H3. The third-order valence-electron chi connectivity index (χ3n) is 2.08. The van der Waals surface area contributed by atoms with Crippen LogP contribution in [0.4, 0.5) is 5.69 Å². The number of rotatable bonds is 2. The van der Waals surface area contributed by atoms with Crippen LogP contribution >= 0.6 is 0 Å². The van der Waals surface area contributed by atoms with E-state index in [0.29, 0.717) is 5.56 Å². The van der Waals surface area contributed by atoms with Crippen molar-refractivity contribution in [3.05, 3.63) is 49.4 Å². The number of nitro groups is 1. The predicted octanol–water partition coefficient (Wildman–Crippen LogP) is 2.87. The summed E-state index contributed by atoms with van der Waals surface area (Å²) in [6, 6.07) is 3.30. The minimum Gasteiger partial charge on any atom is -0.258 e. The van der Waals surface area contributed by atoms with Gasteiger partial charge in [0.05, 0.1) is 11.5 Å². The highest BCUT2D eigenvalue weighted by Gasteiger charge is 2.14. The molecule has 17 heavy (non-hydrogen) atoms. The average molecular weight is 230 g/mol. The zero-order valence-corrected chi connectivity index (χ0v) is 9.47. The quantitative estimate of drug-likeness (QED) is 0.195. The van der Waals surface area contributed by atoms with Crippen molar-refractivity contribution in [1.82, 2.24) is 0 Å². The van der Waals surface area contributed by atoms with Gasteiger partial charge in [-0.05, 0) is 30.5 Å². The van der Waals surface area contributed by atoms with E-state index in [1.165, 1.54) is 6.07 Å². The van der Waals surface area contributed by atoms with Crippen molar-refractivity contribution in [1.29, 1.82) is 0 Å². The van der Waals surface area contributed by atoms with Gasteiger partial charge in [-0.15, -0.1) is 0 Å². The number of nitro benzene ring substituents is 1. The molecule has 0 spiro atoms. The Morgan fingerprint density at radius 1 is 1.53 bits per heavy atom. The molecule has 6 heteroatoms. The maximum Gasteiger partial charge on any atom is 0.285 e. The lowest BCUT2D eigenvalue weighted by Crippen LogP contribution is -1.96. The fourth-order valence-electron chi connectivity index (χ4n) is 1.45. The van der Waals surface area contributed by atoms with E-state index >= 15 is 0 Å². The number of azide groups is 1. The summed E-state index contributed by atoms with van der Waals surface area (Å²) in [6.45, 7) is 3.55. The molecule has 0 aliphatic carbocycles. The zero-order valence-electron chi connectivity index (χ0n) is 9.47. The van der Waals surface area contributed by atoms with Crippen molar-refractivity contribution in [3.63, 3.8) is 0 Å². The molecule has 0 unspecified atom stereocenters. The second-order valence-corrected chi connectivity index (χ2v) is 3.42. The summed E-state index contributed by atoms with van der Waals surface area (Å²) in [5.41, 5.74) is 9.99. The highest BCUT2D eigenvalue weighted by Crippen LogP contribution is 2.22. The Hall–Kier alpha value is -2.51. The molecule has 0 heterocycles. The van der Waals surface area contributed by atoms with Crippen molar-refractivity contribution in [2.45, 2.75) is 13.8 Å². The molecule has 0 aromatic heterocycles. The van der Waals surface area contributed by atoms with E-state index in [-0.39, 0.29) is 12.2 Å². The molecule has 0 amide bonds. The summed E-state index contributed by atoms with van der Waals surface area (Å²) < 4.78 is 0. The highest BCUT2D eigenvalue weighted by atomic mass is 16.6. The SMILES string of the molecule is Cc1cc(C)c(C#CCN=[N+]=[N-])c([N+](=O)[O-])c1. The van der Waals surface area contributed by atoms with Gasteiger partial charge < -0.3 is 0 Å². The maximum atomic E-state index is 10.9. The van der Waals surface area contributed by atoms with Crippen LogP contribution in [0.15, 0.2) is 17.2 Å². The summed E-state index contributed by atoms with van der Waals surface area (Å²) in [4.78, 5) is 13.0. The molecule has 0 N–H and O–H groups in total. The summed E-state index contributed by atoms with van der Waals surface area (Å²) in [6.07, 6.45) is 0. The van der Waals surface area contributed by atoms with Crippen LogP contribution in [0.5, 0.6) is 0 Å². The number of aryl methyl sites for hydroxylation is 2. The Balaban J connectivity index is 3.24. The number of hydrogen-bond donors (Lipinski definition) is 0. The van der Waals surface area contributed by atoms with Gasteiger partial charge in [-0.25, -0.2) is 0 Å². The topological polar surface area (TPSA) is 91.9 Å². The van der Waals surface area contributed by atoms with Crippen LogP contribution in [0.3, 0.4) is 0 Å². The molecule has 1 aromatic rings.